The summed E-state index contributed by atoms with van der Waals surface area (Å²) in [6.45, 7) is 3.57. The average molecular weight is 395 g/mol. The number of sulfonamides is 1. The van der Waals surface area contributed by atoms with Crippen LogP contribution in [0.5, 0.6) is 5.75 Å². The Bertz CT molecular complexity index is 898. The van der Waals surface area contributed by atoms with Crippen molar-refractivity contribution in [3.05, 3.63) is 18.2 Å². The van der Waals surface area contributed by atoms with E-state index in [-0.39, 0.29) is 22.4 Å². The number of likely N-dealkylation sites (tertiary alicyclic amines) is 1. The molecular formula is C17H21N3O6S. The van der Waals surface area contributed by atoms with Crippen molar-refractivity contribution in [2.75, 3.05) is 11.9 Å². The van der Waals surface area contributed by atoms with Crippen molar-refractivity contribution < 1.29 is 27.5 Å². The van der Waals surface area contributed by atoms with Crippen molar-refractivity contribution in [3.63, 3.8) is 0 Å². The maximum Gasteiger partial charge on any atom is 0.265 e. The summed E-state index contributed by atoms with van der Waals surface area (Å²) < 4.78 is 32.7. The summed E-state index contributed by atoms with van der Waals surface area (Å²) in [5.41, 5.74) is 0.228. The lowest BCUT2D eigenvalue weighted by Crippen LogP contribution is -2.46. The molecule has 0 aliphatic carbocycles. The number of nitrogens with zero attached hydrogens (tertiary/aromatic N) is 1. The highest BCUT2D eigenvalue weighted by atomic mass is 32.2. The lowest BCUT2D eigenvalue weighted by atomic mass is 10.2. The van der Waals surface area contributed by atoms with E-state index >= 15 is 0 Å². The van der Waals surface area contributed by atoms with Gasteiger partial charge in [0.1, 0.15) is 11.8 Å². The molecule has 2 aliphatic heterocycles. The quantitative estimate of drug-likeness (QED) is 0.770. The molecule has 10 heteroatoms. The molecule has 2 atom stereocenters. The Morgan fingerprint density at radius 3 is 2.78 bits per heavy atom. The van der Waals surface area contributed by atoms with Crippen molar-refractivity contribution in [2.24, 2.45) is 0 Å². The van der Waals surface area contributed by atoms with Gasteiger partial charge in [-0.3, -0.25) is 14.4 Å². The SMILES string of the molecule is CC[C@H]1Oc2ccc(S(=O)(=O)NC(=O)[C@H]3CCCN3C(C)=O)cc2NC1=O. The van der Waals surface area contributed by atoms with E-state index in [9.17, 15) is 22.8 Å². The Balaban J connectivity index is 1.80. The summed E-state index contributed by atoms with van der Waals surface area (Å²) in [6, 6.07) is 3.18. The van der Waals surface area contributed by atoms with Gasteiger partial charge in [-0.1, -0.05) is 6.92 Å². The second-order valence-electron chi connectivity index (χ2n) is 6.50. The lowest BCUT2D eigenvalue weighted by Gasteiger charge is -2.25. The summed E-state index contributed by atoms with van der Waals surface area (Å²) in [4.78, 5) is 37.1. The van der Waals surface area contributed by atoms with E-state index in [2.05, 4.69) is 5.32 Å². The van der Waals surface area contributed by atoms with E-state index in [1.807, 2.05) is 4.72 Å². The van der Waals surface area contributed by atoms with Crippen molar-refractivity contribution in [3.8, 4) is 5.75 Å². The van der Waals surface area contributed by atoms with Gasteiger partial charge in [0.15, 0.2) is 6.10 Å². The van der Waals surface area contributed by atoms with Gasteiger partial charge < -0.3 is 15.0 Å². The minimum atomic E-state index is -4.16. The maximum atomic E-state index is 12.6. The molecule has 1 aromatic carbocycles. The van der Waals surface area contributed by atoms with Crippen LogP contribution < -0.4 is 14.8 Å². The molecule has 1 aromatic rings. The largest absolute Gasteiger partial charge is 0.478 e. The zero-order valence-corrected chi connectivity index (χ0v) is 15.8. The Kier molecular flexibility index (Phi) is 5.09. The summed E-state index contributed by atoms with van der Waals surface area (Å²) in [5, 5.41) is 2.61. The smallest absolute Gasteiger partial charge is 0.265 e. The van der Waals surface area contributed by atoms with Crippen LogP contribution in [0.2, 0.25) is 0 Å². The maximum absolute atomic E-state index is 12.6. The zero-order valence-electron chi connectivity index (χ0n) is 15.0. The lowest BCUT2D eigenvalue weighted by molar-refractivity contribution is -0.136. The van der Waals surface area contributed by atoms with Crippen molar-refractivity contribution in [1.29, 1.82) is 0 Å². The average Bonchev–Trinajstić information content (AvgIpc) is 3.10. The summed E-state index contributed by atoms with van der Waals surface area (Å²) in [7, 11) is -4.16. The van der Waals surface area contributed by atoms with Gasteiger partial charge in [-0.15, -0.1) is 0 Å². The van der Waals surface area contributed by atoms with Gasteiger partial charge in [-0.2, -0.15) is 0 Å². The first-order chi connectivity index (χ1) is 12.7. The van der Waals surface area contributed by atoms with E-state index in [0.717, 1.165) is 0 Å². The summed E-state index contributed by atoms with van der Waals surface area (Å²) in [5.74, 6) is -1.01. The molecule has 0 bridgehead atoms. The number of fused-ring (bicyclic) bond motifs is 1. The zero-order chi connectivity index (χ0) is 19.8. The predicted molar refractivity (Wildman–Crippen MR) is 95.5 cm³/mol. The first-order valence-electron chi connectivity index (χ1n) is 8.68. The van der Waals surface area contributed by atoms with Gasteiger partial charge in [-0.25, -0.2) is 13.1 Å². The molecule has 1 saturated heterocycles. The Hall–Kier alpha value is -2.62. The fourth-order valence-corrected chi connectivity index (χ4v) is 4.28. The highest BCUT2D eigenvalue weighted by Gasteiger charge is 2.35. The number of ether oxygens (including phenoxy) is 1. The van der Waals surface area contributed by atoms with Crippen LogP contribution >= 0.6 is 0 Å². The molecule has 0 saturated carbocycles. The van der Waals surface area contributed by atoms with Gasteiger partial charge >= 0.3 is 0 Å². The number of anilines is 1. The molecule has 2 heterocycles. The van der Waals surface area contributed by atoms with Crippen molar-refractivity contribution in [1.82, 2.24) is 9.62 Å². The Labute approximate surface area is 157 Å². The highest BCUT2D eigenvalue weighted by molar-refractivity contribution is 7.90. The molecule has 2 aliphatic rings. The molecule has 0 spiro atoms. The fraction of sp³-hybridized carbons (Fsp3) is 0.471. The van der Waals surface area contributed by atoms with Crippen LogP contribution in [-0.2, 0) is 24.4 Å². The van der Waals surface area contributed by atoms with E-state index in [1.165, 1.54) is 30.0 Å². The number of carbonyl (C=O) groups excluding carboxylic acids is 3. The van der Waals surface area contributed by atoms with Crippen molar-refractivity contribution in [2.45, 2.75) is 50.2 Å². The van der Waals surface area contributed by atoms with E-state index < -0.39 is 28.1 Å². The molecule has 0 radical (unpaired) electrons. The van der Waals surface area contributed by atoms with Crippen LogP contribution in [0, 0.1) is 0 Å². The minimum absolute atomic E-state index is 0.180. The number of benzene rings is 1. The number of hydrogen-bond acceptors (Lipinski definition) is 6. The van der Waals surface area contributed by atoms with E-state index in [0.29, 0.717) is 31.6 Å². The normalized spacial score (nSPS) is 21.9. The number of carbonyl (C=O) groups is 3. The topological polar surface area (TPSA) is 122 Å². The van der Waals surface area contributed by atoms with Gasteiger partial charge in [0, 0.05) is 13.5 Å². The van der Waals surface area contributed by atoms with Crippen LogP contribution in [0.25, 0.3) is 0 Å². The third kappa shape index (κ3) is 3.75. The molecule has 3 amide bonds. The van der Waals surface area contributed by atoms with Crippen LogP contribution in [-0.4, -0.2) is 49.7 Å². The van der Waals surface area contributed by atoms with Gasteiger partial charge in [0.05, 0.1) is 10.6 Å². The summed E-state index contributed by atoms with van der Waals surface area (Å²) >= 11 is 0. The molecule has 1 fully saturated rings. The van der Waals surface area contributed by atoms with Gasteiger partial charge in [0.2, 0.25) is 5.91 Å². The van der Waals surface area contributed by atoms with E-state index in [1.54, 1.807) is 6.92 Å². The number of nitrogens with one attached hydrogen (secondary N) is 2. The molecule has 3 rings (SSSR count). The Morgan fingerprint density at radius 1 is 1.37 bits per heavy atom. The van der Waals surface area contributed by atoms with Crippen LogP contribution in [0.4, 0.5) is 5.69 Å². The third-order valence-corrected chi connectivity index (χ3v) is 5.99. The molecule has 0 aromatic heterocycles. The first-order valence-corrected chi connectivity index (χ1v) is 10.2. The third-order valence-electron chi connectivity index (χ3n) is 4.65. The molecule has 27 heavy (non-hydrogen) atoms. The second kappa shape index (κ2) is 7.18. The monoisotopic (exact) mass is 395 g/mol. The van der Waals surface area contributed by atoms with Crippen molar-refractivity contribution >= 4 is 33.4 Å². The molecule has 2 N–H and O–H groups in total. The van der Waals surface area contributed by atoms with E-state index in [4.69, 9.17) is 4.74 Å². The number of amides is 3. The van der Waals surface area contributed by atoms with Crippen LogP contribution in [0.15, 0.2) is 23.1 Å². The van der Waals surface area contributed by atoms with Crippen LogP contribution in [0.3, 0.4) is 0 Å². The number of hydrogen-bond donors (Lipinski definition) is 2. The molecule has 9 nitrogen and oxygen atoms in total. The van der Waals surface area contributed by atoms with Gasteiger partial charge in [0.25, 0.3) is 21.8 Å². The highest BCUT2D eigenvalue weighted by Crippen LogP contribution is 2.32. The van der Waals surface area contributed by atoms with Gasteiger partial charge in [-0.05, 0) is 37.5 Å². The molecular weight excluding hydrogens is 374 g/mol. The molecule has 146 valence electrons. The minimum Gasteiger partial charge on any atom is -0.478 e. The molecule has 0 unspecified atom stereocenters. The first kappa shape index (κ1) is 19.2. The summed E-state index contributed by atoms with van der Waals surface area (Å²) in [6.07, 6.45) is 0.904. The Morgan fingerprint density at radius 2 is 2.11 bits per heavy atom. The van der Waals surface area contributed by atoms with Crippen LogP contribution in [0.1, 0.15) is 33.1 Å². The predicted octanol–water partition coefficient (Wildman–Crippen LogP) is 0.612. The standard InChI is InChI=1S/C17H21N3O6S/c1-3-14-17(23)18-12-9-11(6-7-15(12)26-14)27(24,25)19-16(22)13-5-4-8-20(13)10(2)21/h6-7,9,13-14H,3-5,8H2,1-2H3,(H,18,23)(H,19,22)/t13-,14-/m1/s1. The number of rotatable bonds is 4. The fourth-order valence-electron chi connectivity index (χ4n) is 3.24. The second-order valence-corrected chi connectivity index (χ2v) is 8.18.